The maximum Gasteiger partial charge on any atom is 0.254 e. The van der Waals surface area contributed by atoms with E-state index in [1.165, 1.54) is 0 Å². The van der Waals surface area contributed by atoms with E-state index in [0.717, 1.165) is 37.3 Å². The van der Waals surface area contributed by atoms with Crippen molar-refractivity contribution in [2.24, 2.45) is 0 Å². The molecule has 0 aliphatic carbocycles. The maximum absolute atomic E-state index is 12.2. The number of aromatic nitrogens is 2. The molecule has 0 radical (unpaired) electrons. The molecule has 1 aliphatic heterocycles. The van der Waals surface area contributed by atoms with Gasteiger partial charge in [0.05, 0.1) is 6.61 Å². The molecule has 1 atom stereocenters. The van der Waals surface area contributed by atoms with Crippen LogP contribution in [0.15, 0.2) is 36.4 Å². The number of hydrogen-bond acceptors (Lipinski definition) is 4. The lowest BCUT2D eigenvalue weighted by atomic mass is 9.97. The summed E-state index contributed by atoms with van der Waals surface area (Å²) < 4.78 is 11.0. The lowest BCUT2D eigenvalue weighted by molar-refractivity contribution is -0.127. The number of anilines is 1. The lowest BCUT2D eigenvalue weighted by Gasteiger charge is -2.20. The fourth-order valence-electron chi connectivity index (χ4n) is 2.72. The Morgan fingerprint density at radius 3 is 2.88 bits per heavy atom. The molecule has 2 heterocycles. The highest BCUT2D eigenvalue weighted by Crippen LogP contribution is 2.26. The Bertz CT molecular complexity index is 651. The summed E-state index contributed by atoms with van der Waals surface area (Å²) >= 11 is 0. The van der Waals surface area contributed by atoms with E-state index in [4.69, 9.17) is 9.47 Å². The predicted molar refractivity (Wildman–Crippen MR) is 90.7 cm³/mol. The van der Waals surface area contributed by atoms with Crippen LogP contribution >= 0.6 is 0 Å². The van der Waals surface area contributed by atoms with Crippen molar-refractivity contribution in [3.63, 3.8) is 0 Å². The zero-order valence-corrected chi connectivity index (χ0v) is 13.8. The number of nitrogens with one attached hydrogen (secondary N) is 2. The average Bonchev–Trinajstić information content (AvgIpc) is 3.10. The molecule has 1 unspecified atom stereocenters. The van der Waals surface area contributed by atoms with Crippen LogP contribution in [0.1, 0.15) is 36.9 Å². The topological polar surface area (TPSA) is 76.2 Å². The van der Waals surface area contributed by atoms with Gasteiger partial charge >= 0.3 is 0 Å². The van der Waals surface area contributed by atoms with Gasteiger partial charge in [0.15, 0.2) is 5.82 Å². The molecule has 0 saturated carbocycles. The fraction of sp³-hybridized carbons (Fsp3) is 0.444. The van der Waals surface area contributed by atoms with Crippen LogP contribution in [0.25, 0.3) is 0 Å². The van der Waals surface area contributed by atoms with Gasteiger partial charge in [0.1, 0.15) is 6.10 Å². The number of benzene rings is 1. The number of rotatable bonds is 6. The van der Waals surface area contributed by atoms with Gasteiger partial charge in [-0.3, -0.25) is 9.89 Å². The second-order valence-corrected chi connectivity index (χ2v) is 6.02. The normalized spacial score (nSPS) is 16.7. The van der Waals surface area contributed by atoms with Gasteiger partial charge in [-0.1, -0.05) is 30.3 Å². The molecule has 1 saturated heterocycles. The van der Waals surface area contributed by atoms with Crippen LogP contribution in [-0.4, -0.2) is 35.4 Å². The summed E-state index contributed by atoms with van der Waals surface area (Å²) in [6.45, 7) is 3.69. The van der Waals surface area contributed by atoms with Crippen molar-refractivity contribution in [3.05, 3.63) is 47.7 Å². The Labute approximate surface area is 141 Å². The molecule has 1 aliphatic rings. The smallest absolute Gasteiger partial charge is 0.254 e. The highest BCUT2D eigenvalue weighted by molar-refractivity contribution is 5.93. The molecule has 3 rings (SSSR count). The third-order valence-electron chi connectivity index (χ3n) is 4.22. The minimum absolute atomic E-state index is 0.198. The first-order chi connectivity index (χ1) is 11.7. The summed E-state index contributed by atoms with van der Waals surface area (Å²) in [5.41, 5.74) is 2.09. The molecule has 6 heteroatoms. The third-order valence-corrected chi connectivity index (χ3v) is 4.22. The van der Waals surface area contributed by atoms with Gasteiger partial charge in [-0.15, -0.1) is 0 Å². The first kappa shape index (κ1) is 16.7. The molecule has 1 aromatic carbocycles. The number of ether oxygens (including phenoxy) is 2. The molecule has 1 fully saturated rings. The van der Waals surface area contributed by atoms with Crippen LogP contribution in [0.3, 0.4) is 0 Å². The second kappa shape index (κ2) is 8.08. The SMILES string of the molecule is CC(OCc1ccccc1)C(=O)Nc1cc(C2CCOCC2)[nH]n1. The Kier molecular flexibility index (Phi) is 5.61. The standard InChI is InChI=1S/C18H23N3O3/c1-13(24-12-14-5-3-2-4-6-14)18(22)19-17-11-16(20-21-17)15-7-9-23-10-8-15/h2-6,11,13,15H,7-10,12H2,1H3,(H2,19,20,21,22). The average molecular weight is 329 g/mol. The van der Waals surface area contributed by atoms with E-state index >= 15 is 0 Å². The van der Waals surface area contributed by atoms with Crippen molar-refractivity contribution >= 4 is 11.7 Å². The first-order valence-electron chi connectivity index (χ1n) is 8.32. The summed E-state index contributed by atoms with van der Waals surface area (Å²) in [6, 6.07) is 11.7. The van der Waals surface area contributed by atoms with E-state index in [1.54, 1.807) is 6.92 Å². The van der Waals surface area contributed by atoms with E-state index in [0.29, 0.717) is 18.3 Å². The van der Waals surface area contributed by atoms with Gasteiger partial charge in [-0.25, -0.2) is 0 Å². The first-order valence-corrected chi connectivity index (χ1v) is 8.32. The van der Waals surface area contributed by atoms with Crippen molar-refractivity contribution in [1.82, 2.24) is 10.2 Å². The van der Waals surface area contributed by atoms with Crippen LogP contribution in [0.2, 0.25) is 0 Å². The number of carbonyl (C=O) groups excluding carboxylic acids is 1. The Hall–Kier alpha value is -2.18. The zero-order chi connectivity index (χ0) is 16.8. The molecule has 0 spiro atoms. The molecular weight excluding hydrogens is 306 g/mol. The van der Waals surface area contributed by atoms with Crippen LogP contribution in [0, 0.1) is 0 Å². The van der Waals surface area contributed by atoms with Crippen molar-refractivity contribution in [1.29, 1.82) is 0 Å². The van der Waals surface area contributed by atoms with Gasteiger partial charge in [0.2, 0.25) is 0 Å². The fourth-order valence-corrected chi connectivity index (χ4v) is 2.72. The molecular formula is C18H23N3O3. The molecule has 6 nitrogen and oxygen atoms in total. The van der Waals surface area contributed by atoms with Gasteiger partial charge in [-0.05, 0) is 25.3 Å². The molecule has 2 N–H and O–H groups in total. The molecule has 24 heavy (non-hydrogen) atoms. The Morgan fingerprint density at radius 1 is 1.38 bits per heavy atom. The minimum atomic E-state index is -0.548. The minimum Gasteiger partial charge on any atom is -0.381 e. The van der Waals surface area contributed by atoms with Crippen LogP contribution in [0.4, 0.5) is 5.82 Å². The van der Waals surface area contributed by atoms with Crippen LogP contribution in [0.5, 0.6) is 0 Å². The summed E-state index contributed by atoms with van der Waals surface area (Å²) in [4.78, 5) is 12.2. The predicted octanol–water partition coefficient (Wildman–Crippen LogP) is 2.85. The number of amides is 1. The number of nitrogens with zero attached hydrogens (tertiary/aromatic N) is 1. The van der Waals surface area contributed by atoms with Crippen LogP contribution < -0.4 is 5.32 Å². The molecule has 1 amide bonds. The number of H-pyrrole nitrogens is 1. The number of aromatic amines is 1. The van der Waals surface area contributed by atoms with Gasteiger partial charge in [-0.2, -0.15) is 5.10 Å². The van der Waals surface area contributed by atoms with Gasteiger partial charge in [0.25, 0.3) is 5.91 Å². The summed E-state index contributed by atoms with van der Waals surface area (Å²) in [6.07, 6.45) is 1.41. The molecule has 0 bridgehead atoms. The van der Waals surface area contributed by atoms with Gasteiger partial charge < -0.3 is 14.8 Å². The molecule has 2 aromatic rings. The van der Waals surface area contributed by atoms with E-state index in [2.05, 4.69) is 15.5 Å². The van der Waals surface area contributed by atoms with E-state index < -0.39 is 6.10 Å². The van der Waals surface area contributed by atoms with Gasteiger partial charge in [0, 0.05) is 30.9 Å². The monoisotopic (exact) mass is 329 g/mol. The van der Waals surface area contributed by atoms with E-state index in [9.17, 15) is 4.79 Å². The van der Waals surface area contributed by atoms with Crippen molar-refractivity contribution in [2.45, 2.75) is 38.4 Å². The Morgan fingerprint density at radius 2 is 2.12 bits per heavy atom. The van der Waals surface area contributed by atoms with Crippen molar-refractivity contribution in [2.75, 3.05) is 18.5 Å². The highest BCUT2D eigenvalue weighted by Gasteiger charge is 2.20. The zero-order valence-electron chi connectivity index (χ0n) is 13.8. The molecule has 1 aromatic heterocycles. The maximum atomic E-state index is 12.2. The number of hydrogen-bond donors (Lipinski definition) is 2. The van der Waals surface area contributed by atoms with E-state index in [1.807, 2.05) is 36.4 Å². The number of carbonyl (C=O) groups is 1. The largest absolute Gasteiger partial charge is 0.381 e. The lowest BCUT2D eigenvalue weighted by Crippen LogP contribution is -2.27. The van der Waals surface area contributed by atoms with Crippen LogP contribution in [-0.2, 0) is 20.9 Å². The highest BCUT2D eigenvalue weighted by atomic mass is 16.5. The van der Waals surface area contributed by atoms with Crippen molar-refractivity contribution < 1.29 is 14.3 Å². The Balaban J connectivity index is 1.49. The second-order valence-electron chi connectivity index (χ2n) is 6.02. The van der Waals surface area contributed by atoms with E-state index in [-0.39, 0.29) is 5.91 Å². The quantitative estimate of drug-likeness (QED) is 0.854. The summed E-state index contributed by atoms with van der Waals surface area (Å²) in [5, 5.41) is 10.00. The summed E-state index contributed by atoms with van der Waals surface area (Å²) in [5.74, 6) is 0.760. The van der Waals surface area contributed by atoms with Crippen molar-refractivity contribution in [3.8, 4) is 0 Å². The summed E-state index contributed by atoms with van der Waals surface area (Å²) in [7, 11) is 0. The third kappa shape index (κ3) is 4.43. The molecule has 128 valence electrons.